The zero-order valence-electron chi connectivity index (χ0n) is 8.48. The van der Waals surface area contributed by atoms with Crippen LogP contribution in [0, 0.1) is 3.70 Å². The Balaban J connectivity index is 2.50. The van der Waals surface area contributed by atoms with Gasteiger partial charge in [-0.1, -0.05) is 12.1 Å². The van der Waals surface area contributed by atoms with Crippen molar-refractivity contribution in [2.45, 2.75) is 0 Å². The van der Waals surface area contributed by atoms with Gasteiger partial charge in [0, 0.05) is 11.8 Å². The molecule has 0 fully saturated rings. The van der Waals surface area contributed by atoms with Crippen molar-refractivity contribution in [1.29, 1.82) is 0 Å². The van der Waals surface area contributed by atoms with Crippen LogP contribution in [0.25, 0.3) is 11.3 Å². The third-order valence-corrected chi connectivity index (χ3v) is 2.71. The van der Waals surface area contributed by atoms with Crippen LogP contribution < -0.4 is 5.56 Å². The summed E-state index contributed by atoms with van der Waals surface area (Å²) in [5.41, 5.74) is 0.757. The fraction of sp³-hybridized carbons (Fsp3) is 0. The van der Waals surface area contributed by atoms with Crippen molar-refractivity contribution < 1.29 is 9.90 Å². The summed E-state index contributed by atoms with van der Waals surface area (Å²) in [6.45, 7) is 0. The van der Waals surface area contributed by atoms with E-state index in [2.05, 4.69) is 9.97 Å². The molecule has 0 aliphatic rings. The van der Waals surface area contributed by atoms with Crippen LogP contribution in [0.15, 0.2) is 35.3 Å². The third-order valence-electron chi connectivity index (χ3n) is 2.16. The summed E-state index contributed by atoms with van der Waals surface area (Å²) in [6, 6.07) is 6.02. The van der Waals surface area contributed by atoms with Crippen molar-refractivity contribution in [3.63, 3.8) is 0 Å². The number of hydrogen-bond acceptors (Lipinski definition) is 3. The molecule has 17 heavy (non-hydrogen) atoms. The van der Waals surface area contributed by atoms with Crippen molar-refractivity contribution in [2.75, 3.05) is 0 Å². The molecule has 0 bridgehead atoms. The van der Waals surface area contributed by atoms with Crippen molar-refractivity contribution in [1.82, 2.24) is 9.97 Å². The van der Waals surface area contributed by atoms with Gasteiger partial charge in [-0.2, -0.15) is 0 Å². The lowest BCUT2D eigenvalue weighted by Gasteiger charge is -2.01. The molecule has 2 rings (SSSR count). The number of nitrogens with one attached hydrogen (secondary N) is 1. The summed E-state index contributed by atoms with van der Waals surface area (Å²) in [5, 5.41) is 8.76. The fourth-order valence-corrected chi connectivity index (χ4v) is 1.75. The van der Waals surface area contributed by atoms with Crippen LogP contribution in [-0.4, -0.2) is 21.0 Å². The molecule has 6 heteroatoms. The Bertz CT molecular complexity index is 619. The quantitative estimate of drug-likeness (QED) is 0.815. The lowest BCUT2D eigenvalue weighted by molar-refractivity contribution is 0.0697. The highest BCUT2D eigenvalue weighted by Crippen LogP contribution is 2.14. The van der Waals surface area contributed by atoms with Gasteiger partial charge in [0.25, 0.3) is 5.56 Å². The molecule has 0 saturated carbocycles. The highest BCUT2D eigenvalue weighted by atomic mass is 127. The second kappa shape index (κ2) is 4.66. The molecular formula is C11H7IN2O3. The molecule has 1 aromatic heterocycles. The normalized spacial score (nSPS) is 10.2. The molecule has 2 aromatic rings. The molecule has 0 spiro atoms. The van der Waals surface area contributed by atoms with Gasteiger partial charge in [0.1, 0.15) is 9.39 Å². The molecule has 0 unspecified atom stereocenters. The van der Waals surface area contributed by atoms with E-state index in [1.807, 2.05) is 22.6 Å². The van der Waals surface area contributed by atoms with E-state index in [-0.39, 0.29) is 16.8 Å². The van der Waals surface area contributed by atoms with Gasteiger partial charge >= 0.3 is 5.97 Å². The van der Waals surface area contributed by atoms with Crippen molar-refractivity contribution in [3.05, 3.63) is 50.1 Å². The fourth-order valence-electron chi connectivity index (χ4n) is 1.35. The molecule has 0 radical (unpaired) electrons. The Morgan fingerprint density at radius 3 is 2.53 bits per heavy atom. The summed E-state index contributed by atoms with van der Waals surface area (Å²) in [6.07, 6.45) is 1.51. The highest BCUT2D eigenvalue weighted by molar-refractivity contribution is 14.1. The molecule has 0 amide bonds. The Labute approximate surface area is 110 Å². The Kier molecular flexibility index (Phi) is 3.23. The summed E-state index contributed by atoms with van der Waals surface area (Å²) >= 11 is 1.99. The molecule has 0 atom stereocenters. The number of nitrogens with zero attached hydrogens (tertiary/aromatic N) is 1. The second-order valence-electron chi connectivity index (χ2n) is 3.28. The number of hydrogen-bond donors (Lipinski definition) is 2. The Morgan fingerprint density at radius 2 is 1.94 bits per heavy atom. The van der Waals surface area contributed by atoms with Crippen LogP contribution in [0.3, 0.4) is 0 Å². The molecule has 2 N–H and O–H groups in total. The van der Waals surface area contributed by atoms with Crippen LogP contribution in [0.5, 0.6) is 0 Å². The SMILES string of the molecule is O=C(O)c1ccc(-c2nc(I)c[nH]c2=O)cc1. The molecule has 1 heterocycles. The average molecular weight is 342 g/mol. The summed E-state index contributed by atoms with van der Waals surface area (Å²) in [7, 11) is 0. The number of aromatic nitrogens is 2. The highest BCUT2D eigenvalue weighted by Gasteiger charge is 2.07. The van der Waals surface area contributed by atoms with Gasteiger partial charge in [0.05, 0.1) is 5.56 Å². The van der Waals surface area contributed by atoms with E-state index in [0.717, 1.165) is 0 Å². The largest absolute Gasteiger partial charge is 0.478 e. The first-order chi connectivity index (χ1) is 8.08. The zero-order valence-corrected chi connectivity index (χ0v) is 10.6. The lowest BCUT2D eigenvalue weighted by Crippen LogP contribution is -2.11. The van der Waals surface area contributed by atoms with Crippen LogP contribution >= 0.6 is 22.6 Å². The van der Waals surface area contributed by atoms with Gasteiger partial charge in [-0.15, -0.1) is 0 Å². The number of halogens is 1. The number of rotatable bonds is 2. The molecule has 86 valence electrons. The monoisotopic (exact) mass is 342 g/mol. The minimum absolute atomic E-state index is 0.177. The topological polar surface area (TPSA) is 83.0 Å². The third kappa shape index (κ3) is 2.52. The number of H-pyrrole nitrogens is 1. The van der Waals surface area contributed by atoms with Crippen LogP contribution in [0.2, 0.25) is 0 Å². The first kappa shape index (κ1) is 11.8. The van der Waals surface area contributed by atoms with Gasteiger partial charge in [0.2, 0.25) is 0 Å². The van der Waals surface area contributed by atoms with Gasteiger partial charge in [-0.3, -0.25) is 4.79 Å². The van der Waals surface area contributed by atoms with Crippen molar-refractivity contribution >= 4 is 28.6 Å². The predicted molar refractivity (Wildman–Crippen MR) is 70.0 cm³/mol. The molecular weight excluding hydrogens is 335 g/mol. The maximum Gasteiger partial charge on any atom is 0.335 e. The van der Waals surface area contributed by atoms with Crippen molar-refractivity contribution in [3.8, 4) is 11.3 Å². The summed E-state index contributed by atoms with van der Waals surface area (Å²) in [5.74, 6) is -0.999. The van der Waals surface area contributed by atoms with Gasteiger partial charge in [0.15, 0.2) is 0 Å². The maximum atomic E-state index is 11.6. The van der Waals surface area contributed by atoms with Crippen LogP contribution in [-0.2, 0) is 0 Å². The predicted octanol–water partition coefficient (Wildman–Crippen LogP) is 1.74. The second-order valence-corrected chi connectivity index (χ2v) is 4.39. The standard InChI is InChI=1S/C11H7IN2O3/c12-8-5-13-10(15)9(14-8)6-1-3-7(4-2-6)11(16)17/h1-5H,(H,13,15)(H,16,17). The van der Waals surface area contributed by atoms with Gasteiger partial charge < -0.3 is 10.1 Å². The van der Waals surface area contributed by atoms with E-state index >= 15 is 0 Å². The first-order valence-electron chi connectivity index (χ1n) is 4.67. The van der Waals surface area contributed by atoms with E-state index in [1.165, 1.54) is 18.3 Å². The smallest absolute Gasteiger partial charge is 0.335 e. The number of carbonyl (C=O) groups is 1. The maximum absolute atomic E-state index is 11.6. The number of aromatic carboxylic acids is 1. The number of carboxylic acid groups (broad SMARTS) is 1. The average Bonchev–Trinajstić information content (AvgIpc) is 2.32. The van der Waals surface area contributed by atoms with Crippen LogP contribution in [0.1, 0.15) is 10.4 Å². The molecule has 0 saturated heterocycles. The van der Waals surface area contributed by atoms with Gasteiger partial charge in [-0.05, 0) is 34.7 Å². The minimum Gasteiger partial charge on any atom is -0.478 e. The van der Waals surface area contributed by atoms with Crippen LogP contribution in [0.4, 0.5) is 0 Å². The Hall–Kier alpha value is -1.70. The van der Waals surface area contributed by atoms with E-state index in [9.17, 15) is 9.59 Å². The van der Waals surface area contributed by atoms with Crippen molar-refractivity contribution in [2.24, 2.45) is 0 Å². The molecule has 0 aliphatic heterocycles. The first-order valence-corrected chi connectivity index (χ1v) is 5.75. The molecule has 5 nitrogen and oxygen atoms in total. The number of carboxylic acids is 1. The van der Waals surface area contributed by atoms with E-state index < -0.39 is 5.97 Å². The Morgan fingerprint density at radius 1 is 1.29 bits per heavy atom. The van der Waals surface area contributed by atoms with E-state index in [0.29, 0.717) is 9.26 Å². The summed E-state index contributed by atoms with van der Waals surface area (Å²) in [4.78, 5) is 28.9. The minimum atomic E-state index is -0.999. The van der Waals surface area contributed by atoms with E-state index in [1.54, 1.807) is 12.1 Å². The summed E-state index contributed by atoms with van der Waals surface area (Å²) < 4.78 is 0.666. The lowest BCUT2D eigenvalue weighted by atomic mass is 10.1. The van der Waals surface area contributed by atoms with E-state index in [4.69, 9.17) is 5.11 Å². The van der Waals surface area contributed by atoms with Gasteiger partial charge in [-0.25, -0.2) is 9.78 Å². The molecule has 0 aliphatic carbocycles. The molecule has 1 aromatic carbocycles. The zero-order chi connectivity index (χ0) is 12.4. The number of aromatic amines is 1. The number of benzene rings is 1.